The summed E-state index contributed by atoms with van der Waals surface area (Å²) in [7, 11) is 0. The minimum absolute atomic E-state index is 0.0727. The van der Waals surface area contributed by atoms with Crippen molar-refractivity contribution in [2.45, 2.75) is 19.3 Å². The lowest BCUT2D eigenvalue weighted by Crippen LogP contribution is -2.16. The molecule has 4 aromatic rings. The van der Waals surface area contributed by atoms with E-state index in [1.165, 1.54) is 22.3 Å². The Hall–Kier alpha value is -3.78. The average molecular weight is 401 g/mol. The van der Waals surface area contributed by atoms with Gasteiger partial charge in [-0.15, -0.1) is 0 Å². The van der Waals surface area contributed by atoms with Crippen LogP contribution in [0.5, 0.6) is 0 Å². The number of aliphatic imine (C=N–C) groups is 1. The van der Waals surface area contributed by atoms with E-state index >= 15 is 0 Å². The molecule has 0 fully saturated rings. The Balaban J connectivity index is 1.66. The van der Waals surface area contributed by atoms with E-state index in [1.54, 1.807) is 0 Å². The molecule has 5 rings (SSSR count). The average Bonchev–Trinajstić information content (AvgIpc) is 3.05. The van der Waals surface area contributed by atoms with Crippen LogP contribution in [0.3, 0.4) is 0 Å². The number of rotatable bonds is 3. The van der Waals surface area contributed by atoms with E-state index in [2.05, 4.69) is 68.4 Å². The van der Waals surface area contributed by atoms with Crippen LogP contribution in [-0.2, 0) is 5.41 Å². The van der Waals surface area contributed by atoms with Gasteiger partial charge < -0.3 is 0 Å². The minimum Gasteiger partial charge on any atom is -0.282 e. The van der Waals surface area contributed by atoms with Crippen LogP contribution in [0.4, 0.5) is 0 Å². The molecule has 2 heteroatoms. The molecule has 0 saturated carbocycles. The van der Waals surface area contributed by atoms with Crippen LogP contribution in [0.1, 0.15) is 41.7 Å². The summed E-state index contributed by atoms with van der Waals surface area (Å²) in [6, 6.07) is 35.1. The minimum atomic E-state index is -0.0727. The Morgan fingerprint density at radius 2 is 1.19 bits per heavy atom. The first-order valence-corrected chi connectivity index (χ1v) is 10.6. The maximum absolute atomic E-state index is 8.61. The molecule has 0 radical (unpaired) electrons. The lowest BCUT2D eigenvalue weighted by molar-refractivity contribution is 0.660. The van der Waals surface area contributed by atoms with E-state index in [0.717, 1.165) is 22.4 Å². The number of fused-ring (bicyclic) bond motifs is 3. The zero-order chi connectivity index (χ0) is 21.4. The molecular weight excluding hydrogens is 376 g/mol. The van der Waals surface area contributed by atoms with E-state index < -0.39 is 0 Å². The number of amidine groups is 1. The molecule has 31 heavy (non-hydrogen) atoms. The number of hydrogen-bond acceptors (Lipinski definition) is 1. The van der Waals surface area contributed by atoms with Gasteiger partial charge in [0.05, 0.1) is 5.71 Å². The van der Waals surface area contributed by atoms with Crippen LogP contribution >= 0.6 is 0 Å². The molecule has 0 saturated heterocycles. The molecule has 4 aromatic carbocycles. The Morgan fingerprint density at radius 3 is 1.90 bits per heavy atom. The molecule has 1 aliphatic rings. The smallest absolute Gasteiger partial charge is 0.152 e. The highest BCUT2D eigenvalue weighted by molar-refractivity contribution is 6.19. The first kappa shape index (κ1) is 19.2. The van der Waals surface area contributed by atoms with E-state index in [-0.39, 0.29) is 11.3 Å². The van der Waals surface area contributed by atoms with Crippen LogP contribution in [-0.4, -0.2) is 11.5 Å². The van der Waals surface area contributed by atoms with Crippen LogP contribution in [0.25, 0.3) is 11.1 Å². The largest absolute Gasteiger partial charge is 0.282 e. The van der Waals surface area contributed by atoms with Crippen molar-refractivity contribution in [3.63, 3.8) is 0 Å². The highest BCUT2D eigenvalue weighted by atomic mass is 14.8. The third-order valence-electron chi connectivity index (χ3n) is 6.17. The summed E-state index contributed by atoms with van der Waals surface area (Å²) in [6.07, 6.45) is 0. The van der Waals surface area contributed by atoms with Crippen LogP contribution < -0.4 is 0 Å². The van der Waals surface area contributed by atoms with Gasteiger partial charge in [-0.05, 0) is 28.3 Å². The maximum atomic E-state index is 8.61. The second-order valence-corrected chi connectivity index (χ2v) is 8.47. The van der Waals surface area contributed by atoms with Crippen molar-refractivity contribution in [3.8, 4) is 11.1 Å². The van der Waals surface area contributed by atoms with Gasteiger partial charge in [0.15, 0.2) is 5.84 Å². The number of nitrogens with one attached hydrogen (secondary N) is 1. The summed E-state index contributed by atoms with van der Waals surface area (Å²) in [5.74, 6) is 0.266. The molecule has 1 aliphatic carbocycles. The first-order chi connectivity index (χ1) is 15.1. The molecule has 1 N–H and O–H groups in total. The van der Waals surface area contributed by atoms with Gasteiger partial charge in [-0.1, -0.05) is 111 Å². The second kappa shape index (κ2) is 7.48. The molecule has 2 nitrogen and oxygen atoms in total. The Morgan fingerprint density at radius 1 is 0.613 bits per heavy atom. The quantitative estimate of drug-likeness (QED) is 0.288. The molecule has 0 amide bonds. The van der Waals surface area contributed by atoms with Gasteiger partial charge in [0.25, 0.3) is 0 Å². The Bertz CT molecular complexity index is 1300. The van der Waals surface area contributed by atoms with E-state index in [0.29, 0.717) is 0 Å². The molecule has 0 aliphatic heterocycles. The van der Waals surface area contributed by atoms with Gasteiger partial charge in [-0.25, -0.2) is 4.99 Å². The van der Waals surface area contributed by atoms with Gasteiger partial charge in [-0.3, -0.25) is 5.41 Å². The topological polar surface area (TPSA) is 36.2 Å². The normalized spacial score (nSPS) is 14.1. The van der Waals surface area contributed by atoms with Crippen LogP contribution in [0.2, 0.25) is 0 Å². The number of benzene rings is 4. The van der Waals surface area contributed by atoms with Crippen molar-refractivity contribution < 1.29 is 0 Å². The van der Waals surface area contributed by atoms with Crippen LogP contribution in [0, 0.1) is 5.41 Å². The SMILES string of the molecule is CC1(C)c2ccccc2-c2ccc(/C(=N/C(=N)c3ccccc3)c3ccccc3)cc21. The number of nitrogens with zero attached hydrogens (tertiary/aromatic N) is 1. The van der Waals surface area contributed by atoms with Crippen molar-refractivity contribution in [2.75, 3.05) is 0 Å². The van der Waals surface area contributed by atoms with Crippen molar-refractivity contribution in [1.29, 1.82) is 5.41 Å². The predicted molar refractivity (Wildman–Crippen MR) is 129 cm³/mol. The Kier molecular flexibility index (Phi) is 4.63. The molecular formula is C29H24N2. The summed E-state index contributed by atoms with van der Waals surface area (Å²) >= 11 is 0. The summed E-state index contributed by atoms with van der Waals surface area (Å²) in [4.78, 5) is 4.81. The summed E-state index contributed by atoms with van der Waals surface area (Å²) in [5, 5.41) is 8.61. The molecule has 150 valence electrons. The van der Waals surface area contributed by atoms with Crippen LogP contribution in [0.15, 0.2) is 108 Å². The molecule has 0 unspecified atom stereocenters. The van der Waals surface area contributed by atoms with E-state index in [4.69, 9.17) is 10.4 Å². The summed E-state index contributed by atoms with van der Waals surface area (Å²) in [6.45, 7) is 4.57. The van der Waals surface area contributed by atoms with Gasteiger partial charge in [0.1, 0.15) is 0 Å². The van der Waals surface area contributed by atoms with Gasteiger partial charge in [0.2, 0.25) is 0 Å². The lowest BCUT2D eigenvalue weighted by atomic mass is 9.81. The molecule has 0 heterocycles. The second-order valence-electron chi connectivity index (χ2n) is 8.47. The fraction of sp³-hybridized carbons (Fsp3) is 0.103. The summed E-state index contributed by atoms with van der Waals surface area (Å²) < 4.78 is 0. The fourth-order valence-corrected chi connectivity index (χ4v) is 4.52. The maximum Gasteiger partial charge on any atom is 0.152 e. The molecule has 0 bridgehead atoms. The zero-order valence-corrected chi connectivity index (χ0v) is 17.8. The van der Waals surface area contributed by atoms with Crippen molar-refractivity contribution in [2.24, 2.45) is 4.99 Å². The van der Waals surface area contributed by atoms with Crippen molar-refractivity contribution >= 4 is 11.5 Å². The number of hydrogen-bond donors (Lipinski definition) is 1. The van der Waals surface area contributed by atoms with Gasteiger partial charge in [0, 0.05) is 22.1 Å². The lowest BCUT2D eigenvalue weighted by Gasteiger charge is -2.22. The van der Waals surface area contributed by atoms with E-state index in [1.807, 2.05) is 48.5 Å². The van der Waals surface area contributed by atoms with Crippen molar-refractivity contribution in [1.82, 2.24) is 0 Å². The first-order valence-electron chi connectivity index (χ1n) is 10.6. The van der Waals surface area contributed by atoms with E-state index in [9.17, 15) is 0 Å². The highest BCUT2D eigenvalue weighted by Crippen LogP contribution is 2.48. The van der Waals surface area contributed by atoms with Gasteiger partial charge >= 0.3 is 0 Å². The Labute approximate surface area is 183 Å². The fourth-order valence-electron chi connectivity index (χ4n) is 4.52. The highest BCUT2D eigenvalue weighted by Gasteiger charge is 2.35. The van der Waals surface area contributed by atoms with Crippen molar-refractivity contribution in [3.05, 3.63) is 131 Å². The van der Waals surface area contributed by atoms with Gasteiger partial charge in [-0.2, -0.15) is 0 Å². The predicted octanol–water partition coefficient (Wildman–Crippen LogP) is 6.86. The third kappa shape index (κ3) is 3.30. The third-order valence-corrected chi connectivity index (χ3v) is 6.17. The zero-order valence-electron chi connectivity index (χ0n) is 17.8. The molecule has 0 spiro atoms. The standard InChI is InChI=1S/C29H24N2/c1-29(2)25-16-10-9-15-23(25)24-18-17-22(19-26(24)29)27(20-11-5-3-6-12-20)31-28(30)21-13-7-4-8-14-21/h3-19,30H,1-2H3/b30-28?,31-27+. The molecule has 0 aromatic heterocycles. The summed E-state index contributed by atoms with van der Waals surface area (Å²) in [5.41, 5.74) is 8.87. The molecule has 0 atom stereocenters. The monoisotopic (exact) mass is 400 g/mol.